The van der Waals surface area contributed by atoms with Crippen molar-refractivity contribution in [2.45, 2.75) is 19.8 Å². The zero-order chi connectivity index (χ0) is 13.5. The number of hydrogen-bond acceptors (Lipinski definition) is 4. The first-order chi connectivity index (χ1) is 8.58. The van der Waals surface area contributed by atoms with Gasteiger partial charge < -0.3 is 10.6 Å². The minimum Gasteiger partial charge on any atom is -0.384 e. The number of amides is 1. The quantitative estimate of drug-likeness (QED) is 0.857. The number of thioether (sulfide) groups is 1. The van der Waals surface area contributed by atoms with Gasteiger partial charge in [-0.15, -0.1) is 0 Å². The number of nitrogen functional groups attached to an aromatic ring is 1. The van der Waals surface area contributed by atoms with Gasteiger partial charge in [0.15, 0.2) is 0 Å². The summed E-state index contributed by atoms with van der Waals surface area (Å²) in [5.41, 5.74) is 7.26. The molecule has 0 saturated carbocycles. The Hall–Kier alpha value is -1.23. The fourth-order valence-electron chi connectivity index (χ4n) is 1.67. The predicted octanol–water partition coefficient (Wildman–Crippen LogP) is 2.05. The van der Waals surface area contributed by atoms with Crippen LogP contribution in [0.25, 0.3) is 0 Å². The van der Waals surface area contributed by atoms with Crippen molar-refractivity contribution in [2.75, 3.05) is 31.3 Å². The third-order valence-corrected chi connectivity index (χ3v) is 3.22. The van der Waals surface area contributed by atoms with Gasteiger partial charge in [0.05, 0.1) is 0 Å². The fourth-order valence-corrected chi connectivity index (χ4v) is 2.13. The highest BCUT2D eigenvalue weighted by atomic mass is 32.2. The molecule has 0 aliphatic carbocycles. The van der Waals surface area contributed by atoms with Crippen LogP contribution in [0, 0.1) is 0 Å². The van der Waals surface area contributed by atoms with E-state index in [1.54, 1.807) is 22.7 Å². The lowest BCUT2D eigenvalue weighted by atomic mass is 10.1. The van der Waals surface area contributed by atoms with Crippen LogP contribution in [0.4, 0.5) is 5.82 Å². The molecule has 4 nitrogen and oxygen atoms in total. The van der Waals surface area contributed by atoms with Gasteiger partial charge in [-0.3, -0.25) is 4.79 Å². The summed E-state index contributed by atoms with van der Waals surface area (Å²) in [6, 6.07) is 3.49. The first-order valence-electron chi connectivity index (χ1n) is 6.09. The summed E-state index contributed by atoms with van der Waals surface area (Å²) in [5.74, 6) is 1.36. The van der Waals surface area contributed by atoms with Gasteiger partial charge in [-0.25, -0.2) is 4.98 Å². The third kappa shape index (κ3) is 4.22. The van der Waals surface area contributed by atoms with Crippen molar-refractivity contribution in [3.05, 3.63) is 23.4 Å². The van der Waals surface area contributed by atoms with Crippen LogP contribution in [-0.4, -0.2) is 41.4 Å². The second-order valence-electron chi connectivity index (χ2n) is 4.24. The Labute approximate surface area is 113 Å². The molecule has 18 heavy (non-hydrogen) atoms. The van der Waals surface area contributed by atoms with Crippen LogP contribution >= 0.6 is 11.8 Å². The SMILES string of the molecule is CCCc1cc(C(=O)N(C)CCSC)cc(N)n1. The standard InChI is InChI=1S/C13H21N3OS/c1-4-5-11-8-10(9-12(14)15-11)13(17)16(2)6-7-18-3/h8-9H,4-7H2,1-3H3,(H2,14,15). The van der Waals surface area contributed by atoms with Crippen LogP contribution in [0.1, 0.15) is 29.4 Å². The molecule has 1 heterocycles. The minimum atomic E-state index is 0.00973. The highest BCUT2D eigenvalue weighted by Crippen LogP contribution is 2.12. The van der Waals surface area contributed by atoms with Crippen molar-refractivity contribution in [3.63, 3.8) is 0 Å². The number of carbonyl (C=O) groups is 1. The van der Waals surface area contributed by atoms with Crippen LogP contribution in [0.5, 0.6) is 0 Å². The molecule has 0 unspecified atom stereocenters. The first-order valence-corrected chi connectivity index (χ1v) is 7.48. The summed E-state index contributed by atoms with van der Waals surface area (Å²) in [5, 5.41) is 0. The Bertz CT molecular complexity index is 409. The van der Waals surface area contributed by atoms with Crippen molar-refractivity contribution >= 4 is 23.5 Å². The summed E-state index contributed by atoms with van der Waals surface area (Å²) in [6.07, 6.45) is 3.87. The molecule has 1 aromatic heterocycles. The molecule has 0 saturated heterocycles. The fraction of sp³-hybridized carbons (Fsp3) is 0.538. The van der Waals surface area contributed by atoms with E-state index in [9.17, 15) is 4.79 Å². The number of anilines is 1. The van der Waals surface area contributed by atoms with E-state index in [4.69, 9.17) is 5.73 Å². The van der Waals surface area contributed by atoms with Gasteiger partial charge in [-0.2, -0.15) is 11.8 Å². The molecular formula is C13H21N3OS. The second kappa shape index (κ2) is 7.26. The second-order valence-corrected chi connectivity index (χ2v) is 5.23. The van der Waals surface area contributed by atoms with Gasteiger partial charge in [0.2, 0.25) is 0 Å². The highest BCUT2D eigenvalue weighted by Gasteiger charge is 2.13. The van der Waals surface area contributed by atoms with E-state index < -0.39 is 0 Å². The molecule has 100 valence electrons. The van der Waals surface area contributed by atoms with Crippen molar-refractivity contribution in [1.82, 2.24) is 9.88 Å². The molecule has 2 N–H and O–H groups in total. The number of aryl methyl sites for hydroxylation is 1. The van der Waals surface area contributed by atoms with E-state index in [1.807, 2.05) is 19.4 Å². The number of rotatable bonds is 6. The van der Waals surface area contributed by atoms with Gasteiger partial charge in [0.25, 0.3) is 5.91 Å². The van der Waals surface area contributed by atoms with Crippen LogP contribution in [-0.2, 0) is 6.42 Å². The van der Waals surface area contributed by atoms with E-state index in [1.165, 1.54) is 0 Å². The van der Waals surface area contributed by atoms with Crippen molar-refractivity contribution in [3.8, 4) is 0 Å². The maximum Gasteiger partial charge on any atom is 0.253 e. The third-order valence-electron chi connectivity index (χ3n) is 2.63. The molecule has 5 heteroatoms. The van der Waals surface area contributed by atoms with Crippen molar-refractivity contribution in [2.24, 2.45) is 0 Å². The van der Waals surface area contributed by atoms with E-state index >= 15 is 0 Å². The van der Waals surface area contributed by atoms with E-state index in [0.717, 1.165) is 30.8 Å². The van der Waals surface area contributed by atoms with Gasteiger partial charge in [0, 0.05) is 30.6 Å². The van der Waals surface area contributed by atoms with E-state index in [0.29, 0.717) is 11.4 Å². The zero-order valence-corrected chi connectivity index (χ0v) is 12.1. The molecule has 0 bridgehead atoms. The van der Waals surface area contributed by atoms with Gasteiger partial charge >= 0.3 is 0 Å². The van der Waals surface area contributed by atoms with Crippen molar-refractivity contribution in [1.29, 1.82) is 0 Å². The molecule has 1 rings (SSSR count). The first kappa shape index (κ1) is 14.8. The molecule has 0 atom stereocenters. The summed E-state index contributed by atoms with van der Waals surface area (Å²) in [4.78, 5) is 18.1. The average molecular weight is 267 g/mol. The topological polar surface area (TPSA) is 59.2 Å². The van der Waals surface area contributed by atoms with Gasteiger partial charge in [-0.05, 0) is 24.8 Å². The van der Waals surface area contributed by atoms with Crippen LogP contribution in [0.2, 0.25) is 0 Å². The lowest BCUT2D eigenvalue weighted by Crippen LogP contribution is -2.29. The Kier molecular flexibility index (Phi) is 5.98. The molecule has 1 amide bonds. The largest absolute Gasteiger partial charge is 0.384 e. The number of aromatic nitrogens is 1. The average Bonchev–Trinajstić information content (AvgIpc) is 2.34. The lowest BCUT2D eigenvalue weighted by Gasteiger charge is -2.17. The summed E-state index contributed by atoms with van der Waals surface area (Å²) in [6.45, 7) is 2.82. The molecule has 0 aliphatic heterocycles. The molecule has 0 spiro atoms. The summed E-state index contributed by atoms with van der Waals surface area (Å²) < 4.78 is 0. The normalized spacial score (nSPS) is 10.4. The Morgan fingerprint density at radius 1 is 1.50 bits per heavy atom. The zero-order valence-electron chi connectivity index (χ0n) is 11.3. The van der Waals surface area contributed by atoms with Gasteiger partial charge in [-0.1, -0.05) is 13.3 Å². The number of carbonyl (C=O) groups excluding carboxylic acids is 1. The van der Waals surface area contributed by atoms with E-state index in [-0.39, 0.29) is 5.91 Å². The molecule has 0 aromatic carbocycles. The van der Waals surface area contributed by atoms with E-state index in [2.05, 4.69) is 11.9 Å². The Balaban J connectivity index is 2.84. The molecule has 0 fully saturated rings. The van der Waals surface area contributed by atoms with Crippen LogP contribution in [0.15, 0.2) is 12.1 Å². The molecule has 0 radical (unpaired) electrons. The number of nitrogens with zero attached hydrogens (tertiary/aromatic N) is 2. The Morgan fingerprint density at radius 2 is 2.22 bits per heavy atom. The number of pyridine rings is 1. The smallest absolute Gasteiger partial charge is 0.253 e. The Morgan fingerprint density at radius 3 is 2.83 bits per heavy atom. The maximum absolute atomic E-state index is 12.2. The minimum absolute atomic E-state index is 0.00973. The monoisotopic (exact) mass is 267 g/mol. The summed E-state index contributed by atoms with van der Waals surface area (Å²) >= 11 is 1.73. The number of nitrogens with two attached hydrogens (primary N) is 1. The van der Waals surface area contributed by atoms with Gasteiger partial charge in [0.1, 0.15) is 5.82 Å². The maximum atomic E-state index is 12.2. The van der Waals surface area contributed by atoms with Crippen LogP contribution in [0.3, 0.4) is 0 Å². The predicted molar refractivity (Wildman–Crippen MR) is 78.0 cm³/mol. The van der Waals surface area contributed by atoms with Crippen molar-refractivity contribution < 1.29 is 4.79 Å². The molecule has 1 aromatic rings. The lowest BCUT2D eigenvalue weighted by molar-refractivity contribution is 0.0803. The molecule has 0 aliphatic rings. The summed E-state index contributed by atoms with van der Waals surface area (Å²) in [7, 11) is 1.81. The molecular weight excluding hydrogens is 246 g/mol. The number of hydrogen-bond donors (Lipinski definition) is 1. The highest BCUT2D eigenvalue weighted by molar-refractivity contribution is 7.98. The van der Waals surface area contributed by atoms with Crippen LogP contribution < -0.4 is 5.73 Å².